The van der Waals surface area contributed by atoms with E-state index >= 15 is 0 Å². The molecule has 20 heavy (non-hydrogen) atoms. The molecule has 2 heterocycles. The predicted octanol–water partition coefficient (Wildman–Crippen LogP) is 1.66. The molecule has 1 fully saturated rings. The molecule has 1 aliphatic rings. The number of hydrogen-bond acceptors (Lipinski definition) is 5. The summed E-state index contributed by atoms with van der Waals surface area (Å²) < 4.78 is 22.9. The smallest absolute Gasteiger partial charge is 0.147 e. The van der Waals surface area contributed by atoms with E-state index in [1.54, 1.807) is 0 Å². The van der Waals surface area contributed by atoms with E-state index in [9.17, 15) is 8.42 Å². The van der Waals surface area contributed by atoms with Crippen molar-refractivity contribution in [2.24, 2.45) is 5.92 Å². The molecule has 1 aliphatic heterocycles. The molecule has 0 aliphatic carbocycles. The highest BCUT2D eigenvalue weighted by Gasteiger charge is 2.25. The molecule has 0 radical (unpaired) electrons. The van der Waals surface area contributed by atoms with Gasteiger partial charge >= 0.3 is 0 Å². The molecule has 0 unspecified atom stereocenters. The quantitative estimate of drug-likeness (QED) is 0.849. The normalized spacial score (nSPS) is 20.2. The summed E-state index contributed by atoms with van der Waals surface area (Å²) in [6, 6.07) is 0. The highest BCUT2D eigenvalue weighted by Crippen LogP contribution is 2.26. The van der Waals surface area contributed by atoms with Crippen LogP contribution >= 0.6 is 0 Å². The second kappa shape index (κ2) is 5.68. The summed E-state index contributed by atoms with van der Waals surface area (Å²) in [7, 11) is -2.92. The molecule has 0 N–H and O–H groups in total. The number of anilines is 1. The Hall–Kier alpha value is -1.17. The summed E-state index contributed by atoms with van der Waals surface area (Å²) in [4.78, 5) is 11.1. The first kappa shape index (κ1) is 15.2. The van der Waals surface area contributed by atoms with Crippen molar-refractivity contribution < 1.29 is 8.42 Å². The highest BCUT2D eigenvalue weighted by molar-refractivity contribution is 7.90. The number of aromatic nitrogens is 2. The van der Waals surface area contributed by atoms with Crippen LogP contribution in [-0.2, 0) is 9.84 Å². The van der Waals surface area contributed by atoms with Crippen molar-refractivity contribution in [2.45, 2.75) is 33.6 Å². The zero-order chi connectivity index (χ0) is 14.9. The van der Waals surface area contributed by atoms with Crippen LogP contribution in [0.5, 0.6) is 0 Å². The average Bonchev–Trinajstić information content (AvgIpc) is 2.32. The first-order valence-corrected chi connectivity index (χ1v) is 9.07. The van der Waals surface area contributed by atoms with Crippen LogP contribution in [0.2, 0.25) is 0 Å². The maximum atomic E-state index is 11.5. The van der Waals surface area contributed by atoms with Gasteiger partial charge in [0.25, 0.3) is 0 Å². The first-order chi connectivity index (χ1) is 9.26. The number of sulfone groups is 1. The summed E-state index contributed by atoms with van der Waals surface area (Å²) in [5.74, 6) is 2.21. The van der Waals surface area contributed by atoms with Crippen LogP contribution in [0, 0.1) is 26.7 Å². The van der Waals surface area contributed by atoms with Gasteiger partial charge in [-0.05, 0) is 39.5 Å². The second-order valence-corrected chi connectivity index (χ2v) is 8.04. The highest BCUT2D eigenvalue weighted by atomic mass is 32.2. The lowest BCUT2D eigenvalue weighted by Gasteiger charge is -2.34. The van der Waals surface area contributed by atoms with E-state index in [2.05, 4.69) is 14.9 Å². The summed E-state index contributed by atoms with van der Waals surface area (Å²) in [5, 5.41) is 0. The van der Waals surface area contributed by atoms with Crippen molar-refractivity contribution in [3.05, 3.63) is 17.1 Å². The molecule has 112 valence electrons. The molecular formula is C14H23N3O2S. The van der Waals surface area contributed by atoms with Gasteiger partial charge in [-0.25, -0.2) is 18.4 Å². The number of aryl methyl sites for hydroxylation is 2. The summed E-state index contributed by atoms with van der Waals surface area (Å²) in [6.07, 6.45) is 3.31. The van der Waals surface area contributed by atoms with Crippen LogP contribution in [0.3, 0.4) is 0 Å². The van der Waals surface area contributed by atoms with Gasteiger partial charge in [-0.3, -0.25) is 0 Å². The fourth-order valence-corrected chi connectivity index (χ4v) is 4.01. The minimum atomic E-state index is -2.92. The van der Waals surface area contributed by atoms with Gasteiger partial charge < -0.3 is 4.90 Å². The number of piperidine rings is 1. The lowest BCUT2D eigenvalue weighted by atomic mass is 9.99. The molecule has 1 saturated heterocycles. The van der Waals surface area contributed by atoms with E-state index in [0.717, 1.165) is 48.8 Å². The monoisotopic (exact) mass is 297 g/mol. The van der Waals surface area contributed by atoms with E-state index in [4.69, 9.17) is 0 Å². The fraction of sp³-hybridized carbons (Fsp3) is 0.714. The summed E-state index contributed by atoms with van der Waals surface area (Å²) >= 11 is 0. The number of rotatable bonds is 3. The van der Waals surface area contributed by atoms with E-state index in [0.29, 0.717) is 0 Å². The van der Waals surface area contributed by atoms with Gasteiger partial charge in [-0.1, -0.05) is 0 Å². The predicted molar refractivity (Wildman–Crippen MR) is 80.9 cm³/mol. The zero-order valence-corrected chi connectivity index (χ0v) is 13.5. The summed E-state index contributed by atoms with van der Waals surface area (Å²) in [5.41, 5.74) is 2.09. The molecular weight excluding hydrogens is 274 g/mol. The van der Waals surface area contributed by atoms with Gasteiger partial charge in [0, 0.05) is 30.6 Å². The second-order valence-electron chi connectivity index (χ2n) is 5.85. The molecule has 0 spiro atoms. The van der Waals surface area contributed by atoms with Gasteiger partial charge in [0.1, 0.15) is 21.5 Å². The Morgan fingerprint density at radius 2 is 1.95 bits per heavy atom. The van der Waals surface area contributed by atoms with E-state index < -0.39 is 9.84 Å². The largest absolute Gasteiger partial charge is 0.356 e. The molecule has 1 atom stereocenters. The van der Waals surface area contributed by atoms with Crippen LogP contribution in [0.15, 0.2) is 0 Å². The van der Waals surface area contributed by atoms with E-state index in [1.807, 2.05) is 20.8 Å². The van der Waals surface area contributed by atoms with Crippen LogP contribution < -0.4 is 4.90 Å². The Labute approximate surface area is 121 Å². The molecule has 6 heteroatoms. The third-order valence-electron chi connectivity index (χ3n) is 3.83. The number of hydrogen-bond donors (Lipinski definition) is 0. The van der Waals surface area contributed by atoms with Crippen molar-refractivity contribution in [3.63, 3.8) is 0 Å². The third kappa shape index (κ3) is 3.69. The fourth-order valence-electron chi connectivity index (χ4n) is 2.88. The maximum Gasteiger partial charge on any atom is 0.147 e. The van der Waals surface area contributed by atoms with Gasteiger partial charge in [0.15, 0.2) is 0 Å². The lowest BCUT2D eigenvalue weighted by molar-refractivity contribution is 0.441. The molecule has 1 aromatic heterocycles. The van der Waals surface area contributed by atoms with E-state index in [-0.39, 0.29) is 11.7 Å². The minimum Gasteiger partial charge on any atom is -0.356 e. The molecule has 0 bridgehead atoms. The van der Waals surface area contributed by atoms with Crippen molar-refractivity contribution in [3.8, 4) is 0 Å². The van der Waals surface area contributed by atoms with Gasteiger partial charge in [0.2, 0.25) is 0 Å². The maximum absolute atomic E-state index is 11.5. The topological polar surface area (TPSA) is 63.2 Å². The SMILES string of the molecule is Cc1nc(C)c(C)c(N2CCC[C@H](CS(C)(=O)=O)C2)n1. The molecule has 5 nitrogen and oxygen atoms in total. The van der Waals surface area contributed by atoms with Crippen LogP contribution in [0.1, 0.15) is 29.9 Å². The third-order valence-corrected chi connectivity index (χ3v) is 4.91. The molecule has 0 amide bonds. The molecule has 0 saturated carbocycles. The van der Waals surface area contributed by atoms with Crippen LogP contribution in [-0.4, -0.2) is 43.5 Å². The standard InChI is InChI=1S/C14H23N3O2S/c1-10-11(2)15-12(3)16-14(10)17-7-5-6-13(8-17)9-20(4,18)19/h13H,5-9H2,1-4H3/t13-/m0/s1. The van der Waals surface area contributed by atoms with Gasteiger partial charge in [0.05, 0.1) is 5.75 Å². The Balaban J connectivity index is 2.21. The van der Waals surface area contributed by atoms with Crippen LogP contribution in [0.25, 0.3) is 0 Å². The number of nitrogens with zero attached hydrogens (tertiary/aromatic N) is 3. The Morgan fingerprint density at radius 3 is 2.60 bits per heavy atom. The molecule has 0 aromatic carbocycles. The van der Waals surface area contributed by atoms with Gasteiger partial charge in [-0.15, -0.1) is 0 Å². The Kier molecular flexibility index (Phi) is 4.32. The first-order valence-electron chi connectivity index (χ1n) is 7.01. The lowest BCUT2D eigenvalue weighted by Crippen LogP contribution is -2.39. The molecule has 2 rings (SSSR count). The summed E-state index contributed by atoms with van der Waals surface area (Å²) in [6.45, 7) is 7.63. The van der Waals surface area contributed by atoms with Crippen molar-refractivity contribution in [2.75, 3.05) is 30.0 Å². The average molecular weight is 297 g/mol. The van der Waals surface area contributed by atoms with Crippen molar-refractivity contribution >= 4 is 15.7 Å². The minimum absolute atomic E-state index is 0.203. The zero-order valence-electron chi connectivity index (χ0n) is 12.7. The van der Waals surface area contributed by atoms with E-state index in [1.165, 1.54) is 6.26 Å². The Bertz CT molecular complexity index is 599. The van der Waals surface area contributed by atoms with Crippen molar-refractivity contribution in [1.29, 1.82) is 0 Å². The van der Waals surface area contributed by atoms with Crippen LogP contribution in [0.4, 0.5) is 5.82 Å². The molecule has 1 aromatic rings. The Morgan fingerprint density at radius 1 is 1.25 bits per heavy atom. The van der Waals surface area contributed by atoms with Gasteiger partial charge in [-0.2, -0.15) is 0 Å². The van der Waals surface area contributed by atoms with Crippen molar-refractivity contribution in [1.82, 2.24) is 9.97 Å².